The lowest BCUT2D eigenvalue weighted by Crippen LogP contribution is -2.39. The molecule has 1 atom stereocenters. The van der Waals surface area contributed by atoms with Crippen LogP contribution in [0, 0.1) is 5.92 Å². The fourth-order valence-electron chi connectivity index (χ4n) is 3.00. The number of rotatable bonds is 5. The van der Waals surface area contributed by atoms with Crippen LogP contribution in [0.2, 0.25) is 0 Å². The van der Waals surface area contributed by atoms with Gasteiger partial charge in [0, 0.05) is 33.1 Å². The maximum absolute atomic E-state index is 12.2. The van der Waals surface area contributed by atoms with Gasteiger partial charge in [-0.25, -0.2) is 4.79 Å². The fourth-order valence-corrected chi connectivity index (χ4v) is 3.00. The molecule has 23 heavy (non-hydrogen) atoms. The number of nitrogens with zero attached hydrogens (tertiary/aromatic N) is 4. The first kappa shape index (κ1) is 15.5. The standard InChI is InChI=1S/C17H23N5O/c1-21-13-19-20-16(21)11-15-8-10-22(12-15)17(23)18-9-7-14-5-3-2-4-6-14/h2-6,13,15H,7-12H2,1H3,(H,18,23). The summed E-state index contributed by atoms with van der Waals surface area (Å²) in [7, 11) is 1.96. The number of carbonyl (C=O) groups is 1. The van der Waals surface area contributed by atoms with Crippen LogP contribution >= 0.6 is 0 Å². The molecule has 1 unspecified atom stereocenters. The van der Waals surface area contributed by atoms with Crippen LogP contribution in [0.1, 0.15) is 17.8 Å². The Kier molecular flexibility index (Phi) is 4.90. The minimum atomic E-state index is 0.0430. The molecule has 2 heterocycles. The molecule has 1 fully saturated rings. The van der Waals surface area contributed by atoms with Crippen LogP contribution in [0.4, 0.5) is 4.79 Å². The van der Waals surface area contributed by atoms with E-state index in [4.69, 9.17) is 0 Å². The van der Waals surface area contributed by atoms with Crippen molar-refractivity contribution in [2.75, 3.05) is 19.6 Å². The third kappa shape index (κ3) is 4.09. The van der Waals surface area contributed by atoms with Gasteiger partial charge in [-0.3, -0.25) is 0 Å². The molecule has 6 heteroatoms. The van der Waals surface area contributed by atoms with Gasteiger partial charge in [-0.2, -0.15) is 0 Å². The van der Waals surface area contributed by atoms with Crippen molar-refractivity contribution in [3.05, 3.63) is 48.0 Å². The van der Waals surface area contributed by atoms with Gasteiger partial charge in [-0.1, -0.05) is 30.3 Å². The largest absolute Gasteiger partial charge is 0.338 e. The van der Waals surface area contributed by atoms with E-state index in [2.05, 4.69) is 27.6 Å². The van der Waals surface area contributed by atoms with Gasteiger partial charge < -0.3 is 14.8 Å². The molecule has 0 aliphatic carbocycles. The van der Waals surface area contributed by atoms with Crippen molar-refractivity contribution < 1.29 is 4.79 Å². The number of urea groups is 1. The molecule has 0 spiro atoms. The van der Waals surface area contributed by atoms with Gasteiger partial charge in [-0.15, -0.1) is 10.2 Å². The topological polar surface area (TPSA) is 63.1 Å². The van der Waals surface area contributed by atoms with Crippen molar-refractivity contribution in [2.24, 2.45) is 13.0 Å². The zero-order valence-corrected chi connectivity index (χ0v) is 13.5. The van der Waals surface area contributed by atoms with Crippen molar-refractivity contribution in [2.45, 2.75) is 19.3 Å². The summed E-state index contributed by atoms with van der Waals surface area (Å²) in [5.41, 5.74) is 1.24. The zero-order chi connectivity index (χ0) is 16.1. The molecule has 1 N–H and O–H groups in total. The number of hydrogen-bond acceptors (Lipinski definition) is 3. The third-order valence-corrected chi connectivity index (χ3v) is 4.38. The molecule has 6 nitrogen and oxygen atoms in total. The quantitative estimate of drug-likeness (QED) is 0.912. The highest BCUT2D eigenvalue weighted by Gasteiger charge is 2.27. The van der Waals surface area contributed by atoms with E-state index in [0.717, 1.165) is 38.2 Å². The Morgan fingerprint density at radius 2 is 2.17 bits per heavy atom. The summed E-state index contributed by atoms with van der Waals surface area (Å²) >= 11 is 0. The van der Waals surface area contributed by atoms with E-state index < -0.39 is 0 Å². The number of hydrogen-bond donors (Lipinski definition) is 1. The molecule has 2 amide bonds. The average molecular weight is 313 g/mol. The van der Waals surface area contributed by atoms with E-state index in [1.807, 2.05) is 34.7 Å². The van der Waals surface area contributed by atoms with Crippen LogP contribution in [0.5, 0.6) is 0 Å². The lowest BCUT2D eigenvalue weighted by molar-refractivity contribution is 0.207. The number of likely N-dealkylation sites (tertiary alicyclic amines) is 1. The smallest absolute Gasteiger partial charge is 0.317 e. The molecule has 1 aliphatic heterocycles. The highest BCUT2D eigenvalue weighted by Crippen LogP contribution is 2.19. The van der Waals surface area contributed by atoms with E-state index in [-0.39, 0.29) is 6.03 Å². The summed E-state index contributed by atoms with van der Waals surface area (Å²) < 4.78 is 1.95. The Morgan fingerprint density at radius 1 is 1.35 bits per heavy atom. The van der Waals surface area contributed by atoms with Crippen molar-refractivity contribution in [3.63, 3.8) is 0 Å². The first-order valence-corrected chi connectivity index (χ1v) is 8.12. The third-order valence-electron chi connectivity index (χ3n) is 4.38. The van der Waals surface area contributed by atoms with Crippen LogP contribution in [0.15, 0.2) is 36.7 Å². The first-order valence-electron chi connectivity index (χ1n) is 8.12. The number of amides is 2. The van der Waals surface area contributed by atoms with Crippen molar-refractivity contribution >= 4 is 6.03 Å². The van der Waals surface area contributed by atoms with Gasteiger partial charge >= 0.3 is 6.03 Å². The molecular weight excluding hydrogens is 290 g/mol. The van der Waals surface area contributed by atoms with E-state index in [9.17, 15) is 4.79 Å². The lowest BCUT2D eigenvalue weighted by Gasteiger charge is -2.17. The molecule has 1 aromatic carbocycles. The van der Waals surface area contributed by atoms with Crippen molar-refractivity contribution in [1.29, 1.82) is 0 Å². The molecule has 3 rings (SSSR count). The second-order valence-electron chi connectivity index (χ2n) is 6.13. The summed E-state index contributed by atoms with van der Waals surface area (Å²) in [5.74, 6) is 1.46. The normalized spacial score (nSPS) is 17.4. The Bertz CT molecular complexity index is 639. The minimum absolute atomic E-state index is 0.0430. The molecule has 1 saturated heterocycles. The van der Waals surface area contributed by atoms with E-state index in [0.29, 0.717) is 12.5 Å². The highest BCUT2D eigenvalue weighted by atomic mass is 16.2. The van der Waals surface area contributed by atoms with E-state index in [1.165, 1.54) is 5.56 Å². The summed E-state index contributed by atoms with van der Waals surface area (Å²) in [4.78, 5) is 14.1. The number of aryl methyl sites for hydroxylation is 1. The predicted octanol–water partition coefficient (Wildman–Crippen LogP) is 1.63. The molecule has 1 aliphatic rings. The van der Waals surface area contributed by atoms with Crippen LogP contribution < -0.4 is 5.32 Å². The summed E-state index contributed by atoms with van der Waals surface area (Å²) in [6, 6.07) is 10.3. The number of benzene rings is 1. The molecule has 122 valence electrons. The first-order chi connectivity index (χ1) is 11.2. The summed E-state index contributed by atoms with van der Waals surface area (Å²) in [6.45, 7) is 2.29. The second-order valence-corrected chi connectivity index (χ2v) is 6.13. The van der Waals surface area contributed by atoms with Gasteiger partial charge in [0.05, 0.1) is 0 Å². The number of aromatic nitrogens is 3. The Morgan fingerprint density at radius 3 is 2.91 bits per heavy atom. The molecule has 0 saturated carbocycles. The van der Waals surface area contributed by atoms with Crippen LogP contribution in [0.25, 0.3) is 0 Å². The summed E-state index contributed by atoms with van der Waals surface area (Å²) in [6.07, 6.45) is 4.49. The molecule has 0 radical (unpaired) electrons. The molecular formula is C17H23N5O. The van der Waals surface area contributed by atoms with E-state index in [1.54, 1.807) is 6.33 Å². The Labute approximate surface area is 136 Å². The molecule has 0 bridgehead atoms. The van der Waals surface area contributed by atoms with Gasteiger partial charge in [0.1, 0.15) is 12.2 Å². The predicted molar refractivity (Wildman–Crippen MR) is 87.9 cm³/mol. The van der Waals surface area contributed by atoms with Crippen LogP contribution in [-0.4, -0.2) is 45.3 Å². The van der Waals surface area contributed by atoms with E-state index >= 15 is 0 Å². The molecule has 1 aromatic heterocycles. The van der Waals surface area contributed by atoms with Gasteiger partial charge in [-0.05, 0) is 24.3 Å². The zero-order valence-electron chi connectivity index (χ0n) is 13.5. The minimum Gasteiger partial charge on any atom is -0.338 e. The summed E-state index contributed by atoms with van der Waals surface area (Å²) in [5, 5.41) is 11.1. The van der Waals surface area contributed by atoms with Gasteiger partial charge in [0.25, 0.3) is 0 Å². The monoisotopic (exact) mass is 313 g/mol. The highest BCUT2D eigenvalue weighted by molar-refractivity contribution is 5.74. The second kappa shape index (κ2) is 7.26. The number of nitrogens with one attached hydrogen (secondary N) is 1. The van der Waals surface area contributed by atoms with Gasteiger partial charge in [0.2, 0.25) is 0 Å². The SMILES string of the molecule is Cn1cnnc1CC1CCN(C(=O)NCCc2ccccc2)C1. The Hall–Kier alpha value is -2.37. The molecule has 2 aromatic rings. The van der Waals surface area contributed by atoms with Crippen molar-refractivity contribution in [3.8, 4) is 0 Å². The Balaban J connectivity index is 1.41. The fraction of sp³-hybridized carbons (Fsp3) is 0.471. The van der Waals surface area contributed by atoms with Crippen molar-refractivity contribution in [1.82, 2.24) is 25.0 Å². The average Bonchev–Trinajstić information content (AvgIpc) is 3.19. The lowest BCUT2D eigenvalue weighted by atomic mass is 10.0. The maximum Gasteiger partial charge on any atom is 0.317 e. The van der Waals surface area contributed by atoms with Crippen LogP contribution in [-0.2, 0) is 19.9 Å². The van der Waals surface area contributed by atoms with Crippen LogP contribution in [0.3, 0.4) is 0 Å². The number of carbonyl (C=O) groups excluding carboxylic acids is 1. The van der Waals surface area contributed by atoms with Gasteiger partial charge in [0.15, 0.2) is 0 Å². The maximum atomic E-state index is 12.2.